The van der Waals surface area contributed by atoms with Gasteiger partial charge in [0.05, 0.1) is 25.9 Å². The maximum Gasteiger partial charge on any atom is 0.333 e. The maximum atomic E-state index is 12.0. The quantitative estimate of drug-likeness (QED) is 0.848. The van der Waals surface area contributed by atoms with Crippen molar-refractivity contribution in [3.05, 3.63) is 53.6 Å². The number of carboxylic acids is 1. The third-order valence-corrected chi connectivity index (χ3v) is 3.76. The van der Waals surface area contributed by atoms with Gasteiger partial charge in [-0.25, -0.2) is 4.79 Å². The molecule has 0 aliphatic heterocycles. The molecule has 0 saturated heterocycles. The molecule has 0 aliphatic rings. The number of carbonyl (C=O) groups is 1. The Hall–Kier alpha value is -3.20. The summed E-state index contributed by atoms with van der Waals surface area (Å²) in [4.78, 5) is 12.0. The third-order valence-electron chi connectivity index (χ3n) is 3.76. The second kappa shape index (κ2) is 6.92. The van der Waals surface area contributed by atoms with Crippen molar-refractivity contribution in [3.8, 4) is 17.6 Å². The van der Waals surface area contributed by atoms with Crippen molar-refractivity contribution < 1.29 is 19.4 Å². The Morgan fingerprint density at radius 3 is 2.08 bits per heavy atom. The van der Waals surface area contributed by atoms with E-state index in [0.29, 0.717) is 28.3 Å². The Labute approximate surface area is 140 Å². The second-order valence-corrected chi connectivity index (χ2v) is 5.35. The first-order valence-electron chi connectivity index (χ1n) is 7.18. The standard InChI is InChI=1S/C18H18N2O4/c1-18(17(21)22,20-14-6-4-12(11-19)5-7-14)13-8-15(23-2)10-16(9-13)24-3/h4-10,20H,1-3H3,(H,21,22). The van der Waals surface area contributed by atoms with Crippen LogP contribution in [0.1, 0.15) is 18.1 Å². The summed E-state index contributed by atoms with van der Waals surface area (Å²) in [6.45, 7) is 1.56. The van der Waals surface area contributed by atoms with Crippen molar-refractivity contribution in [2.24, 2.45) is 0 Å². The summed E-state index contributed by atoms with van der Waals surface area (Å²) >= 11 is 0. The van der Waals surface area contributed by atoms with Gasteiger partial charge in [-0.05, 0) is 48.9 Å². The maximum absolute atomic E-state index is 12.0. The van der Waals surface area contributed by atoms with Crippen molar-refractivity contribution in [1.82, 2.24) is 0 Å². The fourth-order valence-electron chi connectivity index (χ4n) is 2.26. The molecule has 6 heteroatoms. The van der Waals surface area contributed by atoms with Crippen LogP contribution < -0.4 is 14.8 Å². The molecule has 24 heavy (non-hydrogen) atoms. The Balaban J connectivity index is 2.46. The molecule has 2 N–H and O–H groups in total. The normalized spacial score (nSPS) is 12.6. The molecule has 0 amide bonds. The van der Waals surface area contributed by atoms with E-state index in [1.807, 2.05) is 6.07 Å². The van der Waals surface area contributed by atoms with Crippen molar-refractivity contribution in [1.29, 1.82) is 5.26 Å². The molecule has 6 nitrogen and oxygen atoms in total. The van der Waals surface area contributed by atoms with Gasteiger partial charge in [0, 0.05) is 11.8 Å². The summed E-state index contributed by atoms with van der Waals surface area (Å²) in [5, 5.41) is 21.6. The van der Waals surface area contributed by atoms with Crippen molar-refractivity contribution in [2.75, 3.05) is 19.5 Å². The molecule has 1 atom stereocenters. The monoisotopic (exact) mass is 326 g/mol. The summed E-state index contributed by atoms with van der Waals surface area (Å²) in [5.41, 5.74) is 0.160. The molecular weight excluding hydrogens is 308 g/mol. The minimum Gasteiger partial charge on any atom is -0.497 e. The van der Waals surface area contributed by atoms with Gasteiger partial charge in [-0.1, -0.05) is 0 Å². The number of anilines is 1. The summed E-state index contributed by atoms with van der Waals surface area (Å²) in [6, 6.07) is 13.6. The van der Waals surface area contributed by atoms with E-state index in [-0.39, 0.29) is 0 Å². The van der Waals surface area contributed by atoms with E-state index >= 15 is 0 Å². The summed E-state index contributed by atoms with van der Waals surface area (Å²) < 4.78 is 10.4. The van der Waals surface area contributed by atoms with Crippen molar-refractivity contribution in [2.45, 2.75) is 12.5 Å². The zero-order valence-electron chi connectivity index (χ0n) is 13.7. The zero-order chi connectivity index (χ0) is 17.7. The van der Waals surface area contributed by atoms with Crippen LogP contribution in [0.3, 0.4) is 0 Å². The van der Waals surface area contributed by atoms with Gasteiger partial charge in [0.25, 0.3) is 0 Å². The van der Waals surface area contributed by atoms with E-state index in [2.05, 4.69) is 5.32 Å². The smallest absolute Gasteiger partial charge is 0.333 e. The number of hydrogen-bond donors (Lipinski definition) is 2. The number of rotatable bonds is 6. The molecule has 0 heterocycles. The Morgan fingerprint density at radius 1 is 1.12 bits per heavy atom. The lowest BCUT2D eigenvalue weighted by Crippen LogP contribution is -2.40. The third kappa shape index (κ3) is 3.41. The summed E-state index contributed by atoms with van der Waals surface area (Å²) in [6.07, 6.45) is 0. The number of aliphatic carboxylic acids is 1. The minimum absolute atomic E-state index is 0.482. The lowest BCUT2D eigenvalue weighted by molar-refractivity contribution is -0.142. The number of ether oxygens (including phenoxy) is 2. The van der Waals surface area contributed by atoms with Gasteiger partial charge >= 0.3 is 5.97 Å². The van der Waals surface area contributed by atoms with Gasteiger partial charge in [0.1, 0.15) is 11.5 Å². The lowest BCUT2D eigenvalue weighted by atomic mass is 9.91. The van der Waals surface area contributed by atoms with Crippen LogP contribution in [-0.4, -0.2) is 25.3 Å². The lowest BCUT2D eigenvalue weighted by Gasteiger charge is -2.28. The number of nitrogens with one attached hydrogen (secondary N) is 1. The number of hydrogen-bond acceptors (Lipinski definition) is 5. The molecule has 2 aromatic rings. The number of carboxylic acid groups (broad SMARTS) is 1. The second-order valence-electron chi connectivity index (χ2n) is 5.35. The highest BCUT2D eigenvalue weighted by Crippen LogP contribution is 2.32. The first-order valence-corrected chi connectivity index (χ1v) is 7.18. The van der Waals surface area contributed by atoms with Crippen LogP contribution >= 0.6 is 0 Å². The number of nitriles is 1. The molecular formula is C18H18N2O4. The van der Waals surface area contributed by atoms with Crippen LogP contribution in [0, 0.1) is 11.3 Å². The molecule has 0 bridgehead atoms. The van der Waals surface area contributed by atoms with Gasteiger partial charge in [0.2, 0.25) is 0 Å². The Bertz CT molecular complexity index is 758. The van der Waals surface area contributed by atoms with Crippen LogP contribution in [0.25, 0.3) is 0 Å². The molecule has 0 aliphatic carbocycles. The first kappa shape index (κ1) is 17.2. The SMILES string of the molecule is COc1cc(OC)cc(C(C)(Nc2ccc(C#N)cc2)C(=O)O)c1. The average molecular weight is 326 g/mol. The van der Waals surface area contributed by atoms with E-state index in [4.69, 9.17) is 14.7 Å². The molecule has 0 saturated carbocycles. The van der Waals surface area contributed by atoms with Crippen LogP contribution in [0.15, 0.2) is 42.5 Å². The molecule has 2 aromatic carbocycles. The van der Waals surface area contributed by atoms with Crippen LogP contribution in [0.5, 0.6) is 11.5 Å². The van der Waals surface area contributed by atoms with E-state index in [9.17, 15) is 9.90 Å². The highest BCUT2D eigenvalue weighted by atomic mass is 16.5. The van der Waals surface area contributed by atoms with Crippen LogP contribution in [0.4, 0.5) is 5.69 Å². The molecule has 0 spiro atoms. The largest absolute Gasteiger partial charge is 0.497 e. The summed E-state index contributed by atoms with van der Waals surface area (Å²) in [7, 11) is 3.01. The van der Waals surface area contributed by atoms with Crippen LogP contribution in [-0.2, 0) is 10.3 Å². The molecule has 2 rings (SSSR count). The zero-order valence-corrected chi connectivity index (χ0v) is 13.7. The number of methoxy groups -OCH3 is 2. The van der Waals surface area contributed by atoms with Crippen molar-refractivity contribution in [3.63, 3.8) is 0 Å². The molecule has 1 unspecified atom stereocenters. The highest BCUT2D eigenvalue weighted by molar-refractivity contribution is 5.84. The first-order chi connectivity index (χ1) is 11.4. The molecule has 0 aromatic heterocycles. The fourth-order valence-corrected chi connectivity index (χ4v) is 2.26. The van der Waals surface area contributed by atoms with Gasteiger partial charge in [-0.15, -0.1) is 0 Å². The average Bonchev–Trinajstić information content (AvgIpc) is 2.61. The molecule has 0 fully saturated rings. The predicted octanol–water partition coefficient (Wildman–Crippen LogP) is 2.99. The highest BCUT2D eigenvalue weighted by Gasteiger charge is 2.36. The van der Waals surface area contributed by atoms with E-state index in [0.717, 1.165) is 0 Å². The molecule has 124 valence electrons. The Morgan fingerprint density at radius 2 is 1.67 bits per heavy atom. The van der Waals surface area contributed by atoms with E-state index in [1.165, 1.54) is 14.2 Å². The summed E-state index contributed by atoms with van der Waals surface area (Å²) in [5.74, 6) is -0.0564. The topological polar surface area (TPSA) is 91.6 Å². The minimum atomic E-state index is -1.41. The van der Waals surface area contributed by atoms with Crippen LogP contribution in [0.2, 0.25) is 0 Å². The number of benzene rings is 2. The predicted molar refractivity (Wildman–Crippen MR) is 89.3 cm³/mol. The van der Waals surface area contributed by atoms with Gasteiger partial charge in [0.15, 0.2) is 5.54 Å². The van der Waals surface area contributed by atoms with Crippen molar-refractivity contribution >= 4 is 11.7 Å². The Kier molecular flexibility index (Phi) is 4.95. The van der Waals surface area contributed by atoms with Gasteiger partial charge in [-0.2, -0.15) is 5.26 Å². The van der Waals surface area contributed by atoms with Gasteiger partial charge < -0.3 is 19.9 Å². The number of nitrogens with zero attached hydrogens (tertiary/aromatic N) is 1. The molecule has 0 radical (unpaired) electrons. The van der Waals surface area contributed by atoms with Gasteiger partial charge in [-0.3, -0.25) is 0 Å². The van der Waals surface area contributed by atoms with E-state index < -0.39 is 11.5 Å². The fraction of sp³-hybridized carbons (Fsp3) is 0.222. The van der Waals surface area contributed by atoms with E-state index in [1.54, 1.807) is 49.4 Å².